The molecule has 0 saturated heterocycles. The predicted octanol–water partition coefficient (Wildman–Crippen LogP) is 7.63. The zero-order valence-corrected chi connectivity index (χ0v) is 18.8. The molecule has 5 heteroatoms. The van der Waals surface area contributed by atoms with Gasteiger partial charge in [0.15, 0.2) is 0 Å². The van der Waals surface area contributed by atoms with Gasteiger partial charge in [0.1, 0.15) is 16.9 Å². The highest BCUT2D eigenvalue weighted by Crippen LogP contribution is 2.42. The molecule has 0 atom stereocenters. The maximum Gasteiger partial charge on any atom is 0.569 e. The van der Waals surface area contributed by atoms with Crippen LogP contribution in [0.1, 0.15) is 0 Å². The third-order valence-corrected chi connectivity index (χ3v) is 6.13. The highest BCUT2D eigenvalue weighted by molar-refractivity contribution is 6.17. The quantitative estimate of drug-likeness (QED) is 0.263. The van der Waals surface area contributed by atoms with Gasteiger partial charge in [0.05, 0.1) is 5.69 Å². The van der Waals surface area contributed by atoms with Gasteiger partial charge in [0.25, 0.3) is 0 Å². The van der Waals surface area contributed by atoms with Crippen LogP contribution in [0.5, 0.6) is 5.75 Å². The minimum absolute atomic E-state index is 0.556. The van der Waals surface area contributed by atoms with Crippen LogP contribution in [0.25, 0.3) is 33.1 Å². The molecule has 0 amide bonds. The van der Waals surface area contributed by atoms with Crippen molar-refractivity contribution in [2.75, 3.05) is 4.90 Å². The number of hydrogen-bond acceptors (Lipinski definition) is 4. The van der Waals surface area contributed by atoms with Crippen LogP contribution in [-0.4, -0.2) is 12.7 Å². The number of nitrogens with zero attached hydrogens (tertiary/aromatic N) is 1. The van der Waals surface area contributed by atoms with E-state index in [4.69, 9.17) is 14.1 Å². The number of para-hydroxylation sites is 2. The molecule has 5 aromatic carbocycles. The monoisotopic (exact) mass is 454 g/mol. The summed E-state index contributed by atoms with van der Waals surface area (Å²) >= 11 is 0. The zero-order valence-electron chi connectivity index (χ0n) is 18.8. The van der Waals surface area contributed by atoms with E-state index in [0.29, 0.717) is 13.4 Å². The van der Waals surface area contributed by atoms with E-state index in [9.17, 15) is 0 Å². The molecule has 1 aromatic heterocycles. The van der Waals surface area contributed by atoms with Gasteiger partial charge < -0.3 is 19.0 Å². The van der Waals surface area contributed by atoms with Gasteiger partial charge in [-0.2, -0.15) is 0 Å². The van der Waals surface area contributed by atoms with Gasteiger partial charge in [0, 0.05) is 33.8 Å². The fourth-order valence-corrected chi connectivity index (χ4v) is 4.55. The molecule has 6 aromatic rings. The lowest BCUT2D eigenvalue weighted by Crippen LogP contribution is -2.11. The molecular weight excluding hydrogens is 433 g/mol. The maximum absolute atomic E-state index is 9.01. The summed E-state index contributed by atoms with van der Waals surface area (Å²) < 4.78 is 11.3. The van der Waals surface area contributed by atoms with E-state index in [2.05, 4.69) is 71.6 Å². The van der Waals surface area contributed by atoms with Crippen molar-refractivity contribution in [1.29, 1.82) is 0 Å². The average molecular weight is 454 g/mol. The lowest BCUT2D eigenvalue weighted by Gasteiger charge is -2.28. The van der Waals surface area contributed by atoms with Crippen molar-refractivity contribution in [3.8, 4) is 16.9 Å². The molecule has 0 aliphatic rings. The second-order valence-corrected chi connectivity index (χ2v) is 8.21. The summed E-state index contributed by atoms with van der Waals surface area (Å²) in [5, 5.41) is 11.2. The van der Waals surface area contributed by atoms with Crippen LogP contribution in [0.4, 0.5) is 17.1 Å². The number of hydrogen-bond donors (Lipinski definition) is 1. The summed E-state index contributed by atoms with van der Waals surface area (Å²) in [5.74, 6) is 0.556. The SMILES string of the molecule is O[B]Oc1ccc(N(c2ccc3c(c2)oc2ccccc23)c2ccccc2-c2ccccc2)cc1. The highest BCUT2D eigenvalue weighted by Gasteiger charge is 2.18. The summed E-state index contributed by atoms with van der Waals surface area (Å²) in [7, 11) is 0.687. The smallest absolute Gasteiger partial charge is 0.537 e. The third kappa shape index (κ3) is 3.92. The van der Waals surface area contributed by atoms with Crippen LogP contribution >= 0.6 is 0 Å². The Morgan fingerprint density at radius 3 is 2.14 bits per heavy atom. The minimum Gasteiger partial charge on any atom is -0.537 e. The van der Waals surface area contributed by atoms with Gasteiger partial charge in [-0.25, -0.2) is 0 Å². The summed E-state index contributed by atoms with van der Waals surface area (Å²) in [6.07, 6.45) is 0. The van der Waals surface area contributed by atoms with E-state index >= 15 is 0 Å². The lowest BCUT2D eigenvalue weighted by atomic mass is 10.0. The molecule has 1 heterocycles. The van der Waals surface area contributed by atoms with Crippen LogP contribution in [0.15, 0.2) is 126 Å². The molecule has 0 saturated carbocycles. The second-order valence-electron chi connectivity index (χ2n) is 8.21. The van der Waals surface area contributed by atoms with E-state index in [-0.39, 0.29) is 0 Å². The molecule has 0 spiro atoms. The Labute approximate surface area is 203 Å². The summed E-state index contributed by atoms with van der Waals surface area (Å²) in [4.78, 5) is 2.21. The Bertz CT molecular complexity index is 1610. The van der Waals surface area contributed by atoms with Crippen molar-refractivity contribution < 1.29 is 14.1 Å². The van der Waals surface area contributed by atoms with Gasteiger partial charge in [0.2, 0.25) is 0 Å². The Morgan fingerprint density at radius 2 is 1.31 bits per heavy atom. The van der Waals surface area contributed by atoms with Crippen molar-refractivity contribution in [3.05, 3.63) is 121 Å². The molecule has 0 unspecified atom stereocenters. The van der Waals surface area contributed by atoms with Crippen molar-refractivity contribution in [1.82, 2.24) is 0 Å². The van der Waals surface area contributed by atoms with E-state index in [1.807, 2.05) is 54.6 Å². The Hall–Kier alpha value is -4.48. The van der Waals surface area contributed by atoms with Crippen molar-refractivity contribution >= 4 is 46.7 Å². The molecule has 167 valence electrons. The van der Waals surface area contributed by atoms with E-state index in [1.165, 1.54) is 0 Å². The molecule has 0 aliphatic carbocycles. The Morgan fingerprint density at radius 1 is 0.629 bits per heavy atom. The number of fused-ring (bicyclic) bond motifs is 3. The molecule has 0 bridgehead atoms. The summed E-state index contributed by atoms with van der Waals surface area (Å²) in [6, 6.07) is 40.8. The van der Waals surface area contributed by atoms with Crippen LogP contribution in [0.2, 0.25) is 0 Å². The average Bonchev–Trinajstić information content (AvgIpc) is 3.29. The number of rotatable bonds is 6. The van der Waals surface area contributed by atoms with E-state index in [1.54, 1.807) is 0 Å². The summed E-state index contributed by atoms with van der Waals surface area (Å²) in [6.45, 7) is 0. The molecular formula is C30H21BNO3. The highest BCUT2D eigenvalue weighted by atomic mass is 16.5. The van der Waals surface area contributed by atoms with Crippen molar-refractivity contribution in [2.24, 2.45) is 0 Å². The number of anilines is 3. The zero-order chi connectivity index (χ0) is 23.6. The Balaban J connectivity index is 1.55. The maximum atomic E-state index is 9.01. The van der Waals surface area contributed by atoms with Crippen molar-refractivity contribution in [2.45, 2.75) is 0 Å². The summed E-state index contributed by atoms with van der Waals surface area (Å²) in [5.41, 5.74) is 6.92. The first-order chi connectivity index (χ1) is 17.3. The fourth-order valence-electron chi connectivity index (χ4n) is 4.55. The lowest BCUT2D eigenvalue weighted by molar-refractivity contribution is 0.454. The largest absolute Gasteiger partial charge is 0.569 e. The first kappa shape index (κ1) is 21.1. The van der Waals surface area contributed by atoms with Crippen LogP contribution in [0.3, 0.4) is 0 Å². The van der Waals surface area contributed by atoms with E-state index in [0.717, 1.165) is 50.1 Å². The van der Waals surface area contributed by atoms with Gasteiger partial charge in [-0.3, -0.25) is 0 Å². The minimum atomic E-state index is 0.556. The number of benzene rings is 5. The molecule has 35 heavy (non-hydrogen) atoms. The molecule has 6 rings (SSSR count). The van der Waals surface area contributed by atoms with Crippen molar-refractivity contribution in [3.63, 3.8) is 0 Å². The van der Waals surface area contributed by atoms with E-state index < -0.39 is 0 Å². The van der Waals surface area contributed by atoms with Crippen LogP contribution in [-0.2, 0) is 0 Å². The van der Waals surface area contributed by atoms with Crippen LogP contribution in [0, 0.1) is 0 Å². The van der Waals surface area contributed by atoms with Gasteiger partial charge in [-0.15, -0.1) is 0 Å². The third-order valence-electron chi connectivity index (χ3n) is 6.13. The van der Waals surface area contributed by atoms with Crippen LogP contribution < -0.4 is 9.55 Å². The van der Waals surface area contributed by atoms with Gasteiger partial charge in [-0.05, 0) is 54.1 Å². The predicted molar refractivity (Wildman–Crippen MR) is 142 cm³/mol. The molecule has 0 aliphatic heterocycles. The first-order valence-electron chi connectivity index (χ1n) is 11.4. The molecule has 4 nitrogen and oxygen atoms in total. The molecule has 1 N–H and O–H groups in total. The normalized spacial score (nSPS) is 11.0. The standard InChI is InChI=1S/C30H21BNO3/c33-31-35-24-17-14-22(15-18-24)32(28-12-6-4-10-25(28)21-8-2-1-3-9-21)23-16-19-27-26-11-5-7-13-29(26)34-30(27)20-23/h1-20,33H. The van der Waals surface area contributed by atoms with Gasteiger partial charge in [-0.1, -0.05) is 66.7 Å². The first-order valence-corrected chi connectivity index (χ1v) is 11.4. The second kappa shape index (κ2) is 9.05. The van der Waals surface area contributed by atoms with Gasteiger partial charge >= 0.3 is 7.69 Å². The Kier molecular flexibility index (Phi) is 5.45. The topological polar surface area (TPSA) is 45.8 Å². The molecule has 1 radical (unpaired) electrons. The molecule has 0 fully saturated rings. The number of furan rings is 1. The fraction of sp³-hybridized carbons (Fsp3) is 0.